The van der Waals surface area contributed by atoms with Crippen LogP contribution in [0.4, 0.5) is 11.4 Å². The fraction of sp³-hybridized carbons (Fsp3) is 0.406. The smallest absolute Gasteiger partial charge is 0.253 e. The number of fused-ring (bicyclic) bond motifs is 2. The maximum Gasteiger partial charge on any atom is 0.253 e. The van der Waals surface area contributed by atoms with Crippen LogP contribution in [-0.2, 0) is 6.42 Å². The molecule has 0 spiro atoms. The number of carbonyl (C=O) groups excluding carboxylic acids is 1. The van der Waals surface area contributed by atoms with Gasteiger partial charge in [-0.3, -0.25) is 4.79 Å². The molecule has 1 unspecified atom stereocenters. The van der Waals surface area contributed by atoms with Crippen LogP contribution in [0.15, 0.2) is 82.6 Å². The molecule has 4 nitrogen and oxygen atoms in total. The van der Waals surface area contributed by atoms with Gasteiger partial charge in [0.25, 0.3) is 5.91 Å². The molecule has 1 saturated heterocycles. The highest BCUT2D eigenvalue weighted by molar-refractivity contribution is 7.99. The van der Waals surface area contributed by atoms with Crippen molar-refractivity contribution in [1.29, 1.82) is 0 Å². The summed E-state index contributed by atoms with van der Waals surface area (Å²) in [5.74, 6) is 0.175. The minimum Gasteiger partial charge on any atom is -0.340 e. The van der Waals surface area contributed by atoms with Gasteiger partial charge in [0, 0.05) is 47.6 Å². The van der Waals surface area contributed by atoms with Gasteiger partial charge in [0.15, 0.2) is 0 Å². The van der Waals surface area contributed by atoms with Crippen LogP contribution < -0.4 is 4.90 Å². The number of hydrogen-bond donors (Lipinski definition) is 0. The number of amides is 1. The zero-order valence-electron chi connectivity index (χ0n) is 22.2. The van der Waals surface area contributed by atoms with Crippen molar-refractivity contribution in [2.24, 2.45) is 0 Å². The Morgan fingerprint density at radius 2 is 1.65 bits per heavy atom. The van der Waals surface area contributed by atoms with Crippen LogP contribution in [0.25, 0.3) is 0 Å². The molecule has 0 aromatic heterocycles. The predicted molar refractivity (Wildman–Crippen MR) is 155 cm³/mol. The van der Waals surface area contributed by atoms with Crippen molar-refractivity contribution in [3.05, 3.63) is 83.9 Å². The fourth-order valence-electron chi connectivity index (χ4n) is 5.75. The topological polar surface area (TPSA) is 26.8 Å². The molecular weight excluding hydrogens is 474 g/mol. The molecule has 2 heterocycles. The molecule has 1 atom stereocenters. The lowest BCUT2D eigenvalue weighted by Crippen LogP contribution is -2.38. The molecule has 2 aliphatic rings. The molecule has 1 fully saturated rings. The minimum absolute atomic E-state index is 0.175. The Bertz CT molecular complexity index is 1190. The monoisotopic (exact) mass is 513 g/mol. The first-order chi connectivity index (χ1) is 18.2. The summed E-state index contributed by atoms with van der Waals surface area (Å²) >= 11 is 1.79. The molecular formula is C32H39N3OS. The zero-order chi connectivity index (χ0) is 25.6. The van der Waals surface area contributed by atoms with Gasteiger partial charge in [-0.2, -0.15) is 0 Å². The second kappa shape index (κ2) is 12.2. The van der Waals surface area contributed by atoms with Crippen molar-refractivity contribution >= 4 is 29.0 Å². The van der Waals surface area contributed by atoms with Crippen LogP contribution in [0, 0.1) is 0 Å². The highest BCUT2D eigenvalue weighted by atomic mass is 32.2. The maximum absolute atomic E-state index is 13.1. The minimum atomic E-state index is 0.175. The predicted octanol–water partition coefficient (Wildman–Crippen LogP) is 7.26. The van der Waals surface area contributed by atoms with Gasteiger partial charge in [-0.25, -0.2) is 0 Å². The third-order valence-electron chi connectivity index (χ3n) is 7.88. The van der Waals surface area contributed by atoms with E-state index in [-0.39, 0.29) is 5.91 Å². The molecule has 1 amide bonds. The van der Waals surface area contributed by atoms with Gasteiger partial charge in [0.1, 0.15) is 0 Å². The molecule has 194 valence electrons. The van der Waals surface area contributed by atoms with Crippen LogP contribution in [-0.4, -0.2) is 54.5 Å². The van der Waals surface area contributed by atoms with E-state index in [1.807, 2.05) is 11.0 Å². The average molecular weight is 514 g/mol. The summed E-state index contributed by atoms with van der Waals surface area (Å²) in [5.41, 5.74) is 4.73. The van der Waals surface area contributed by atoms with Crippen LogP contribution in [0.5, 0.6) is 0 Å². The summed E-state index contributed by atoms with van der Waals surface area (Å²) in [4.78, 5) is 22.7. The molecule has 5 heteroatoms. The van der Waals surface area contributed by atoms with E-state index in [9.17, 15) is 4.79 Å². The van der Waals surface area contributed by atoms with E-state index < -0.39 is 0 Å². The molecule has 3 aromatic rings. The molecule has 37 heavy (non-hydrogen) atoms. The molecule has 0 saturated carbocycles. The van der Waals surface area contributed by atoms with Gasteiger partial charge in [-0.05, 0) is 74.5 Å². The highest BCUT2D eigenvalue weighted by Crippen LogP contribution is 2.48. The maximum atomic E-state index is 13.1. The Balaban J connectivity index is 1.33. The highest BCUT2D eigenvalue weighted by Gasteiger charge is 2.27. The number of benzene rings is 3. The SMILES string of the molecule is CCC(CCN1c2ccccc2Sc2cc(C(=O)N3CCCC3)ccc21)N(CC)CCc1ccccc1. The van der Waals surface area contributed by atoms with Gasteiger partial charge in [0.2, 0.25) is 0 Å². The lowest BCUT2D eigenvalue weighted by atomic mass is 10.1. The summed E-state index contributed by atoms with van der Waals surface area (Å²) in [5, 5.41) is 0. The molecule has 0 bridgehead atoms. The standard InChI is InChI=1S/C32H39N3OS/c1-3-27(33(4-2)22-18-25-12-6-5-7-13-25)19-23-35-28-14-8-9-15-30(28)37-31-24-26(16-17-29(31)35)32(36)34-20-10-11-21-34/h5-9,12-17,24,27H,3-4,10-11,18-23H2,1-2H3. The molecule has 0 N–H and O–H groups in total. The number of hydrogen-bond acceptors (Lipinski definition) is 4. The fourth-order valence-corrected chi connectivity index (χ4v) is 6.88. The van der Waals surface area contributed by atoms with Crippen molar-refractivity contribution < 1.29 is 4.79 Å². The van der Waals surface area contributed by atoms with E-state index in [0.29, 0.717) is 6.04 Å². The molecule has 0 radical (unpaired) electrons. The Morgan fingerprint density at radius 3 is 2.41 bits per heavy atom. The molecule has 2 aliphatic heterocycles. The van der Waals surface area contributed by atoms with E-state index in [1.165, 1.54) is 26.7 Å². The largest absolute Gasteiger partial charge is 0.340 e. The number of rotatable bonds is 10. The molecule has 3 aromatic carbocycles. The van der Waals surface area contributed by atoms with Crippen molar-refractivity contribution in [2.75, 3.05) is 37.6 Å². The van der Waals surface area contributed by atoms with Crippen LogP contribution in [0.1, 0.15) is 55.5 Å². The number of likely N-dealkylation sites (N-methyl/N-ethyl adjacent to an activating group) is 1. The van der Waals surface area contributed by atoms with Gasteiger partial charge in [0.05, 0.1) is 11.4 Å². The Kier molecular flexibility index (Phi) is 8.52. The molecule has 0 aliphatic carbocycles. The second-order valence-electron chi connectivity index (χ2n) is 10.1. The Hall–Kier alpha value is -2.76. The van der Waals surface area contributed by atoms with Crippen molar-refractivity contribution in [2.45, 2.75) is 61.8 Å². The second-order valence-corrected chi connectivity index (χ2v) is 11.2. The summed E-state index contributed by atoms with van der Waals surface area (Å²) in [6, 6.07) is 26.4. The normalized spacial score (nSPS) is 15.5. The quantitative estimate of drug-likeness (QED) is 0.285. The van der Waals surface area contributed by atoms with Gasteiger partial charge in [-0.1, -0.05) is 68.1 Å². The molecule has 5 rings (SSSR count). The number of para-hydroxylation sites is 1. The first kappa shape index (κ1) is 25.9. The summed E-state index contributed by atoms with van der Waals surface area (Å²) in [6.45, 7) is 9.49. The average Bonchev–Trinajstić information content (AvgIpc) is 3.49. The summed E-state index contributed by atoms with van der Waals surface area (Å²) in [7, 11) is 0. The number of anilines is 2. The lowest BCUT2D eigenvalue weighted by Gasteiger charge is -2.36. The zero-order valence-corrected chi connectivity index (χ0v) is 23.1. The van der Waals surface area contributed by atoms with Crippen LogP contribution in [0.2, 0.25) is 0 Å². The third kappa shape index (κ3) is 5.89. The van der Waals surface area contributed by atoms with E-state index in [4.69, 9.17) is 0 Å². The van der Waals surface area contributed by atoms with Crippen LogP contribution >= 0.6 is 11.8 Å². The number of carbonyl (C=O) groups is 1. The van der Waals surface area contributed by atoms with Crippen molar-refractivity contribution in [3.8, 4) is 0 Å². The lowest BCUT2D eigenvalue weighted by molar-refractivity contribution is 0.0792. The number of likely N-dealkylation sites (tertiary alicyclic amines) is 1. The Morgan fingerprint density at radius 1 is 0.919 bits per heavy atom. The summed E-state index contributed by atoms with van der Waals surface area (Å²) < 4.78 is 0. The van der Waals surface area contributed by atoms with Gasteiger partial charge < -0.3 is 14.7 Å². The van der Waals surface area contributed by atoms with Crippen LogP contribution in [0.3, 0.4) is 0 Å². The van der Waals surface area contributed by atoms with E-state index in [1.54, 1.807) is 11.8 Å². The van der Waals surface area contributed by atoms with E-state index in [2.05, 4.69) is 90.4 Å². The van der Waals surface area contributed by atoms with E-state index in [0.717, 1.165) is 70.4 Å². The summed E-state index contributed by atoms with van der Waals surface area (Å²) in [6.07, 6.45) is 5.57. The van der Waals surface area contributed by atoms with E-state index >= 15 is 0 Å². The van der Waals surface area contributed by atoms with Gasteiger partial charge >= 0.3 is 0 Å². The first-order valence-corrected chi connectivity index (χ1v) is 14.7. The first-order valence-electron chi connectivity index (χ1n) is 13.9. The Labute approximate surface area is 226 Å². The van der Waals surface area contributed by atoms with Crippen molar-refractivity contribution in [1.82, 2.24) is 9.80 Å². The van der Waals surface area contributed by atoms with Crippen molar-refractivity contribution in [3.63, 3.8) is 0 Å². The number of nitrogens with zero attached hydrogens (tertiary/aromatic N) is 3. The van der Waals surface area contributed by atoms with Gasteiger partial charge in [-0.15, -0.1) is 0 Å². The third-order valence-corrected chi connectivity index (χ3v) is 8.99.